The number of hydrogen-bond donors (Lipinski definition) is 0. The van der Waals surface area contributed by atoms with Gasteiger partial charge >= 0.3 is 7.12 Å². The average Bonchev–Trinajstić information content (AvgIpc) is 3.00. The fourth-order valence-electron chi connectivity index (χ4n) is 2.59. The van der Waals surface area contributed by atoms with Crippen LogP contribution in [0.25, 0.3) is 0 Å². The lowest BCUT2D eigenvalue weighted by Gasteiger charge is -2.32. The molecule has 0 N–H and O–H groups in total. The van der Waals surface area contributed by atoms with Crippen LogP contribution in [0, 0.1) is 0 Å². The normalized spacial score (nSPS) is 29.9. The van der Waals surface area contributed by atoms with E-state index in [1.54, 1.807) is 0 Å². The maximum atomic E-state index is 6.10. The van der Waals surface area contributed by atoms with Crippen molar-refractivity contribution in [3.05, 3.63) is 18.0 Å². The van der Waals surface area contributed by atoms with Crippen LogP contribution in [-0.2, 0) is 16.4 Å². The van der Waals surface area contributed by atoms with Crippen LogP contribution in [0.1, 0.15) is 59.4 Å². The smallest absolute Gasteiger partial charge is 0.403 e. The molecule has 0 spiro atoms. The summed E-state index contributed by atoms with van der Waals surface area (Å²) in [5.41, 5.74) is 0.858. The minimum absolute atomic E-state index is 0.0693. The predicted molar refractivity (Wildman–Crippen MR) is 81.7 cm³/mol. The van der Waals surface area contributed by atoms with Gasteiger partial charge in [0, 0.05) is 19.1 Å². The Kier molecular flexibility index (Phi) is 4.04. The number of rotatable bonds is 2. The minimum atomic E-state index is -0.222. The Hall–Kier alpha value is -0.805. The Morgan fingerprint density at radius 2 is 1.75 bits per heavy atom. The molecule has 1 saturated heterocycles. The molecule has 2 unspecified atom stereocenters. The SMILES string of the molecule is CC.Cn1cc(C2CC2B2OC(C)(C)C(C)(C)O2)cn1. The third-order valence-electron chi connectivity index (χ3n) is 4.61. The van der Waals surface area contributed by atoms with E-state index in [0.29, 0.717) is 11.7 Å². The molecule has 3 rings (SSSR count). The van der Waals surface area contributed by atoms with Crippen LogP contribution in [0.3, 0.4) is 0 Å². The third-order valence-corrected chi connectivity index (χ3v) is 4.61. The average molecular weight is 278 g/mol. The molecule has 2 heterocycles. The van der Waals surface area contributed by atoms with Gasteiger partial charge in [0.1, 0.15) is 0 Å². The van der Waals surface area contributed by atoms with E-state index < -0.39 is 0 Å². The molecule has 2 fully saturated rings. The largest absolute Gasteiger partial charge is 0.461 e. The Morgan fingerprint density at radius 1 is 1.20 bits per heavy atom. The highest BCUT2D eigenvalue weighted by molar-refractivity contribution is 6.49. The highest BCUT2D eigenvalue weighted by Gasteiger charge is 2.60. The fraction of sp³-hybridized carbons (Fsp3) is 0.800. The number of aromatic nitrogens is 2. The second-order valence-corrected chi connectivity index (χ2v) is 6.58. The molecule has 0 radical (unpaired) electrons. The van der Waals surface area contributed by atoms with Gasteiger partial charge < -0.3 is 9.31 Å². The molecule has 4 nitrogen and oxygen atoms in total. The summed E-state index contributed by atoms with van der Waals surface area (Å²) in [4.78, 5) is 0. The van der Waals surface area contributed by atoms with Gasteiger partial charge in [0.15, 0.2) is 0 Å². The van der Waals surface area contributed by atoms with Crippen molar-refractivity contribution >= 4 is 7.12 Å². The summed E-state index contributed by atoms with van der Waals surface area (Å²) in [6.07, 6.45) is 5.19. The highest BCUT2D eigenvalue weighted by atomic mass is 16.7. The van der Waals surface area contributed by atoms with Crippen LogP contribution >= 0.6 is 0 Å². The van der Waals surface area contributed by atoms with Gasteiger partial charge in [-0.05, 0) is 45.6 Å². The van der Waals surface area contributed by atoms with Gasteiger partial charge in [-0.1, -0.05) is 13.8 Å². The molecule has 112 valence electrons. The van der Waals surface area contributed by atoms with E-state index in [9.17, 15) is 0 Å². The first-order valence-corrected chi connectivity index (χ1v) is 7.64. The monoisotopic (exact) mass is 278 g/mol. The zero-order valence-corrected chi connectivity index (χ0v) is 13.8. The first-order valence-electron chi connectivity index (χ1n) is 7.64. The molecule has 0 bridgehead atoms. The molecule has 1 aromatic rings. The molecule has 1 aliphatic heterocycles. The molecule has 0 amide bonds. The summed E-state index contributed by atoms with van der Waals surface area (Å²) in [6.45, 7) is 12.4. The second-order valence-electron chi connectivity index (χ2n) is 6.58. The Bertz CT molecular complexity index is 454. The minimum Gasteiger partial charge on any atom is -0.403 e. The van der Waals surface area contributed by atoms with Crippen molar-refractivity contribution in [1.82, 2.24) is 9.78 Å². The van der Waals surface area contributed by atoms with Gasteiger partial charge in [-0.15, -0.1) is 0 Å². The molecule has 0 aromatic carbocycles. The zero-order chi connectivity index (χ0) is 15.1. The number of hydrogen-bond acceptors (Lipinski definition) is 3. The standard InChI is InChI=1S/C13H21BN2O2.C2H6/c1-12(2)13(3,4)18-14(17-12)11-6-10(11)9-7-15-16(5)8-9;1-2/h7-8,10-11H,6H2,1-5H3;1-2H3. The van der Waals surface area contributed by atoms with Crippen molar-refractivity contribution in [3.8, 4) is 0 Å². The van der Waals surface area contributed by atoms with Gasteiger partial charge in [0.05, 0.1) is 17.4 Å². The number of nitrogens with zero attached hydrogens (tertiary/aromatic N) is 2. The second kappa shape index (κ2) is 5.19. The summed E-state index contributed by atoms with van der Waals surface area (Å²) >= 11 is 0. The first kappa shape index (κ1) is 15.6. The van der Waals surface area contributed by atoms with Crippen LogP contribution in [-0.4, -0.2) is 28.1 Å². The molecule has 5 heteroatoms. The van der Waals surface area contributed by atoms with Crippen LogP contribution in [0.15, 0.2) is 12.4 Å². The fourth-order valence-corrected chi connectivity index (χ4v) is 2.59. The molecule has 1 saturated carbocycles. The lowest BCUT2D eigenvalue weighted by molar-refractivity contribution is 0.00578. The van der Waals surface area contributed by atoms with E-state index in [-0.39, 0.29) is 18.3 Å². The van der Waals surface area contributed by atoms with Gasteiger partial charge in [0.25, 0.3) is 0 Å². The maximum absolute atomic E-state index is 6.10. The van der Waals surface area contributed by atoms with Gasteiger partial charge in [-0.25, -0.2) is 0 Å². The van der Waals surface area contributed by atoms with Gasteiger partial charge in [-0.2, -0.15) is 5.10 Å². The van der Waals surface area contributed by atoms with Crippen LogP contribution in [0.2, 0.25) is 5.82 Å². The zero-order valence-electron chi connectivity index (χ0n) is 13.8. The summed E-state index contributed by atoms with van der Waals surface area (Å²) in [5.74, 6) is 1.03. The van der Waals surface area contributed by atoms with E-state index in [1.165, 1.54) is 5.56 Å². The molecule has 1 aromatic heterocycles. The Morgan fingerprint density at radius 3 is 2.20 bits per heavy atom. The molecular formula is C15H27BN2O2. The maximum Gasteiger partial charge on any atom is 0.461 e. The van der Waals surface area contributed by atoms with E-state index in [2.05, 4.69) is 39.0 Å². The van der Waals surface area contributed by atoms with Crippen molar-refractivity contribution in [1.29, 1.82) is 0 Å². The predicted octanol–water partition coefficient (Wildman–Crippen LogP) is 3.40. The summed E-state index contributed by atoms with van der Waals surface area (Å²) < 4.78 is 14.1. The molecule has 2 atom stereocenters. The van der Waals surface area contributed by atoms with Crippen LogP contribution < -0.4 is 0 Å². The van der Waals surface area contributed by atoms with E-state index in [1.807, 2.05) is 31.8 Å². The molecule has 1 aliphatic carbocycles. The topological polar surface area (TPSA) is 36.3 Å². The molecular weight excluding hydrogens is 251 g/mol. The van der Waals surface area contributed by atoms with E-state index >= 15 is 0 Å². The van der Waals surface area contributed by atoms with Gasteiger partial charge in [-0.3, -0.25) is 4.68 Å². The van der Waals surface area contributed by atoms with Crippen molar-refractivity contribution in [2.24, 2.45) is 7.05 Å². The molecule has 20 heavy (non-hydrogen) atoms. The third kappa shape index (κ3) is 2.66. The van der Waals surface area contributed by atoms with Crippen molar-refractivity contribution in [3.63, 3.8) is 0 Å². The lowest BCUT2D eigenvalue weighted by Crippen LogP contribution is -2.41. The summed E-state index contributed by atoms with van der Waals surface area (Å²) in [7, 11) is 1.88. The molecule has 2 aliphatic rings. The van der Waals surface area contributed by atoms with E-state index in [0.717, 1.165) is 6.42 Å². The van der Waals surface area contributed by atoms with Crippen molar-refractivity contribution in [2.75, 3.05) is 0 Å². The van der Waals surface area contributed by atoms with Crippen molar-refractivity contribution < 1.29 is 9.31 Å². The van der Waals surface area contributed by atoms with Crippen LogP contribution in [0.4, 0.5) is 0 Å². The number of aryl methyl sites for hydroxylation is 1. The summed E-state index contributed by atoms with van der Waals surface area (Å²) in [6, 6.07) is 0. The Balaban J connectivity index is 0.000000704. The quantitative estimate of drug-likeness (QED) is 0.778. The highest BCUT2D eigenvalue weighted by Crippen LogP contribution is 2.58. The lowest BCUT2D eigenvalue weighted by atomic mass is 9.80. The van der Waals surface area contributed by atoms with Crippen LogP contribution in [0.5, 0.6) is 0 Å². The van der Waals surface area contributed by atoms with Gasteiger partial charge in [0.2, 0.25) is 0 Å². The summed E-state index contributed by atoms with van der Waals surface area (Å²) in [5, 5.41) is 4.23. The Labute approximate surface area is 123 Å². The van der Waals surface area contributed by atoms with Crippen molar-refractivity contribution in [2.45, 2.75) is 70.9 Å². The first-order chi connectivity index (χ1) is 9.30. The van der Waals surface area contributed by atoms with E-state index in [4.69, 9.17) is 9.31 Å².